The van der Waals surface area contributed by atoms with Crippen LogP contribution < -0.4 is 0 Å². The Bertz CT molecular complexity index is 1550. The van der Waals surface area contributed by atoms with E-state index in [-0.39, 0.29) is 32.0 Å². The molecule has 9 nitrogen and oxygen atoms in total. The van der Waals surface area contributed by atoms with Crippen molar-refractivity contribution < 1.29 is 42.1 Å². The quantitative estimate of drug-likeness (QED) is 0.0211. The molecule has 10 heteroatoms. The first-order valence-electron chi connectivity index (χ1n) is 27.6. The third kappa shape index (κ3) is 54.0. The Balaban J connectivity index is 4.22. The van der Waals surface area contributed by atoms with E-state index in [2.05, 4.69) is 123 Å². The summed E-state index contributed by atoms with van der Waals surface area (Å²) in [6.07, 6.45) is 70.1. The van der Waals surface area contributed by atoms with Crippen LogP contribution in [0.5, 0.6) is 0 Å². The van der Waals surface area contributed by atoms with Crippen LogP contribution in [0.3, 0.4) is 0 Å². The molecule has 0 amide bonds. The van der Waals surface area contributed by atoms with Crippen LogP contribution in [0.1, 0.15) is 206 Å². The first-order chi connectivity index (χ1) is 34.0. The lowest BCUT2D eigenvalue weighted by Crippen LogP contribution is -2.37. The summed E-state index contributed by atoms with van der Waals surface area (Å²) in [5, 5.41) is 0. The molecule has 400 valence electrons. The number of hydrogen-bond acceptors (Lipinski definition) is 7. The van der Waals surface area contributed by atoms with Crippen molar-refractivity contribution in [1.29, 1.82) is 0 Å². The van der Waals surface area contributed by atoms with Gasteiger partial charge in [0.1, 0.15) is 19.8 Å². The molecule has 0 aliphatic rings. The highest BCUT2D eigenvalue weighted by molar-refractivity contribution is 7.47. The normalized spacial score (nSPS) is 14.2. The number of carbonyl (C=O) groups excluding carboxylic acids is 2. The summed E-state index contributed by atoms with van der Waals surface area (Å²) in [5.41, 5.74) is 0. The van der Waals surface area contributed by atoms with Crippen molar-refractivity contribution in [3.63, 3.8) is 0 Å². The number of allylic oxidation sites excluding steroid dienone is 18. The van der Waals surface area contributed by atoms with E-state index >= 15 is 0 Å². The van der Waals surface area contributed by atoms with Crippen molar-refractivity contribution in [3.05, 3.63) is 109 Å². The third-order valence-corrected chi connectivity index (χ3v) is 12.3. The third-order valence-electron chi connectivity index (χ3n) is 11.3. The Morgan fingerprint density at radius 2 is 0.771 bits per heavy atom. The fourth-order valence-corrected chi connectivity index (χ4v) is 7.83. The number of phosphoric acid groups is 1. The number of esters is 2. The van der Waals surface area contributed by atoms with Crippen LogP contribution in [0, 0.1) is 0 Å². The molecular formula is C60H103NO8P+. The van der Waals surface area contributed by atoms with Gasteiger partial charge >= 0.3 is 19.8 Å². The van der Waals surface area contributed by atoms with Gasteiger partial charge in [-0.3, -0.25) is 18.6 Å². The molecule has 0 aromatic carbocycles. The molecule has 0 aliphatic heterocycles. The molecule has 0 aliphatic carbocycles. The molecule has 0 fully saturated rings. The molecule has 0 bridgehead atoms. The maximum absolute atomic E-state index is 12.8. The number of rotatable bonds is 49. The van der Waals surface area contributed by atoms with Gasteiger partial charge in [0.05, 0.1) is 27.7 Å². The first-order valence-corrected chi connectivity index (χ1v) is 29.1. The number of nitrogens with zero attached hydrogens (tertiary/aromatic N) is 1. The number of phosphoric ester groups is 1. The van der Waals surface area contributed by atoms with Gasteiger partial charge in [0.2, 0.25) is 0 Å². The second-order valence-corrected chi connectivity index (χ2v) is 20.7. The van der Waals surface area contributed by atoms with Gasteiger partial charge in [0.25, 0.3) is 0 Å². The number of ether oxygens (including phenoxy) is 2. The minimum absolute atomic E-state index is 0.0195. The Hall–Kier alpha value is -3.33. The van der Waals surface area contributed by atoms with Gasteiger partial charge in [-0.15, -0.1) is 0 Å². The molecular weight excluding hydrogens is 894 g/mol. The molecule has 0 saturated carbocycles. The SMILES string of the molecule is CC/C=C\C/C=C\C/C=C\C/C=C\C/C=C\CCCCCC(=O)OC(COC(=O)CCCCCCCCCCCCCCCC/C=C\C/C=C\C/C=C\C/C=C\CC)COP(=O)(O)OCC[N+](C)(C)C. The number of quaternary nitrogens is 1. The molecule has 0 rings (SSSR count). The summed E-state index contributed by atoms with van der Waals surface area (Å²) in [7, 11) is 1.44. The first kappa shape index (κ1) is 66.7. The Morgan fingerprint density at radius 1 is 0.443 bits per heavy atom. The van der Waals surface area contributed by atoms with E-state index in [1.807, 2.05) is 21.1 Å². The predicted molar refractivity (Wildman–Crippen MR) is 298 cm³/mol. The lowest BCUT2D eigenvalue weighted by molar-refractivity contribution is -0.870. The van der Waals surface area contributed by atoms with E-state index in [1.54, 1.807) is 0 Å². The highest BCUT2D eigenvalue weighted by Gasteiger charge is 2.27. The van der Waals surface area contributed by atoms with E-state index in [4.69, 9.17) is 18.5 Å². The van der Waals surface area contributed by atoms with Crippen LogP contribution >= 0.6 is 7.82 Å². The zero-order chi connectivity index (χ0) is 51.3. The molecule has 70 heavy (non-hydrogen) atoms. The van der Waals surface area contributed by atoms with Gasteiger partial charge in [0, 0.05) is 12.8 Å². The molecule has 0 radical (unpaired) electrons. The van der Waals surface area contributed by atoms with E-state index < -0.39 is 26.5 Å². The Morgan fingerprint density at radius 3 is 1.16 bits per heavy atom. The molecule has 2 atom stereocenters. The summed E-state index contributed by atoms with van der Waals surface area (Å²) in [5.74, 6) is -0.841. The maximum Gasteiger partial charge on any atom is 0.472 e. The van der Waals surface area contributed by atoms with Crippen LogP contribution in [0.15, 0.2) is 109 Å². The van der Waals surface area contributed by atoms with Gasteiger partial charge < -0.3 is 18.9 Å². The number of hydrogen-bond donors (Lipinski definition) is 1. The second-order valence-electron chi connectivity index (χ2n) is 19.2. The van der Waals surface area contributed by atoms with Gasteiger partial charge in [-0.05, 0) is 96.3 Å². The minimum Gasteiger partial charge on any atom is -0.462 e. The van der Waals surface area contributed by atoms with Crippen LogP contribution in [-0.2, 0) is 32.7 Å². The maximum atomic E-state index is 12.8. The van der Waals surface area contributed by atoms with Crippen LogP contribution in [0.2, 0.25) is 0 Å². The average Bonchev–Trinajstić information content (AvgIpc) is 3.32. The lowest BCUT2D eigenvalue weighted by atomic mass is 10.0. The zero-order valence-corrected chi connectivity index (χ0v) is 46.1. The number of carbonyl (C=O) groups is 2. The monoisotopic (exact) mass is 997 g/mol. The summed E-state index contributed by atoms with van der Waals surface area (Å²) in [6, 6.07) is 0. The molecule has 0 saturated heterocycles. The lowest BCUT2D eigenvalue weighted by Gasteiger charge is -2.24. The van der Waals surface area contributed by atoms with Crippen molar-refractivity contribution in [1.82, 2.24) is 0 Å². The Kier molecular flexibility index (Phi) is 48.2. The predicted octanol–water partition coefficient (Wildman–Crippen LogP) is 17.0. The minimum atomic E-state index is -4.40. The highest BCUT2D eigenvalue weighted by atomic mass is 31.2. The summed E-state index contributed by atoms with van der Waals surface area (Å²) >= 11 is 0. The van der Waals surface area contributed by atoms with Gasteiger partial charge in [-0.25, -0.2) is 4.57 Å². The molecule has 1 N–H and O–H groups in total. The van der Waals surface area contributed by atoms with Crippen LogP contribution in [0.25, 0.3) is 0 Å². The summed E-state index contributed by atoms with van der Waals surface area (Å²) < 4.78 is 34.5. The van der Waals surface area contributed by atoms with Crippen molar-refractivity contribution in [2.75, 3.05) is 47.5 Å². The van der Waals surface area contributed by atoms with Crippen molar-refractivity contribution in [2.24, 2.45) is 0 Å². The van der Waals surface area contributed by atoms with Crippen molar-refractivity contribution in [2.45, 2.75) is 213 Å². The fourth-order valence-electron chi connectivity index (χ4n) is 7.09. The van der Waals surface area contributed by atoms with Crippen LogP contribution in [0.4, 0.5) is 0 Å². The fraction of sp³-hybridized carbons (Fsp3) is 0.667. The van der Waals surface area contributed by atoms with E-state index in [0.717, 1.165) is 96.3 Å². The summed E-state index contributed by atoms with van der Waals surface area (Å²) in [6.45, 7) is 4.16. The van der Waals surface area contributed by atoms with E-state index in [1.165, 1.54) is 77.0 Å². The molecule has 0 heterocycles. The number of likely N-dealkylation sites (N-methyl/N-ethyl adjacent to an activating group) is 1. The molecule has 0 aromatic rings. The largest absolute Gasteiger partial charge is 0.472 e. The topological polar surface area (TPSA) is 108 Å². The molecule has 2 unspecified atom stereocenters. The van der Waals surface area contributed by atoms with Gasteiger partial charge in [-0.1, -0.05) is 207 Å². The number of unbranched alkanes of at least 4 members (excludes halogenated alkanes) is 17. The van der Waals surface area contributed by atoms with Crippen molar-refractivity contribution >= 4 is 19.8 Å². The molecule has 0 aromatic heterocycles. The Labute approximate surface area is 429 Å². The van der Waals surface area contributed by atoms with Crippen molar-refractivity contribution in [3.8, 4) is 0 Å². The molecule has 0 spiro atoms. The average molecular weight is 997 g/mol. The smallest absolute Gasteiger partial charge is 0.462 e. The standard InChI is InChI=1S/C60H102NO8P/c1-6-8-10-12-14-16-18-20-22-24-26-27-28-29-30-31-32-33-35-36-38-40-42-44-46-48-50-52-59(62)66-56-58(57-68-70(64,65)67-55-54-61(3,4)5)69-60(63)53-51-49-47-45-43-41-39-37-34-25-23-21-19-17-15-13-11-9-7-2/h8-11,14-17,20-23,26-27,34,37,41,43,58H,6-7,12-13,18-19,24-25,28-33,35-36,38-40,42,44-57H2,1-5H3/p+1/b10-8-,11-9-,16-14-,17-15-,22-20-,23-21-,27-26-,37-34-,43-41-. The van der Waals surface area contributed by atoms with Gasteiger partial charge in [0.15, 0.2) is 6.10 Å². The second kappa shape index (κ2) is 50.6. The summed E-state index contributed by atoms with van der Waals surface area (Å²) in [4.78, 5) is 35.6. The van der Waals surface area contributed by atoms with Crippen LogP contribution in [-0.4, -0.2) is 74.9 Å². The van der Waals surface area contributed by atoms with E-state index in [9.17, 15) is 19.0 Å². The zero-order valence-electron chi connectivity index (χ0n) is 45.2. The highest BCUT2D eigenvalue weighted by Crippen LogP contribution is 2.43. The van der Waals surface area contributed by atoms with Gasteiger partial charge in [-0.2, -0.15) is 0 Å². The van der Waals surface area contributed by atoms with E-state index in [0.29, 0.717) is 17.4 Å².